The van der Waals surface area contributed by atoms with Crippen molar-refractivity contribution >= 4 is 5.91 Å². The van der Waals surface area contributed by atoms with Crippen molar-refractivity contribution in [2.24, 2.45) is 5.92 Å². The van der Waals surface area contributed by atoms with Gasteiger partial charge in [0.05, 0.1) is 18.6 Å². The number of halogens is 1. The first-order chi connectivity index (χ1) is 8.99. The van der Waals surface area contributed by atoms with Crippen LogP contribution in [-0.2, 0) is 11.2 Å². The Morgan fingerprint density at radius 2 is 2.26 bits per heavy atom. The number of aliphatic hydroxyl groups excluding tert-OH is 1. The topological polar surface area (TPSA) is 49.3 Å². The Hall–Kier alpha value is -1.42. The van der Waals surface area contributed by atoms with Crippen LogP contribution in [0.1, 0.15) is 43.9 Å². The summed E-state index contributed by atoms with van der Waals surface area (Å²) in [5.41, 5.74) is 1.57. The highest BCUT2D eigenvalue weighted by Gasteiger charge is 2.26. The van der Waals surface area contributed by atoms with Crippen LogP contribution in [-0.4, -0.2) is 17.1 Å². The second-order valence-electron chi connectivity index (χ2n) is 5.48. The Labute approximate surface area is 112 Å². The highest BCUT2D eigenvalue weighted by Crippen LogP contribution is 2.32. The lowest BCUT2D eigenvalue weighted by atomic mass is 10.0. The van der Waals surface area contributed by atoms with Crippen molar-refractivity contribution in [3.05, 3.63) is 35.1 Å². The number of rotatable bonds is 4. The van der Waals surface area contributed by atoms with Crippen LogP contribution in [0.5, 0.6) is 0 Å². The van der Waals surface area contributed by atoms with Gasteiger partial charge < -0.3 is 10.4 Å². The maximum absolute atomic E-state index is 13.6. The molecule has 0 aliphatic heterocycles. The van der Waals surface area contributed by atoms with Crippen molar-refractivity contribution in [1.29, 1.82) is 0 Å². The van der Waals surface area contributed by atoms with E-state index in [2.05, 4.69) is 5.32 Å². The summed E-state index contributed by atoms with van der Waals surface area (Å²) >= 11 is 0. The normalized spacial score (nSPS) is 19.3. The van der Waals surface area contributed by atoms with Crippen LogP contribution in [0.3, 0.4) is 0 Å². The van der Waals surface area contributed by atoms with Crippen molar-refractivity contribution in [2.75, 3.05) is 0 Å². The predicted octanol–water partition coefficient (Wildman–Crippen LogP) is 2.34. The van der Waals surface area contributed by atoms with Gasteiger partial charge in [-0.15, -0.1) is 0 Å². The predicted molar refractivity (Wildman–Crippen MR) is 71.1 cm³/mol. The molecule has 2 unspecified atom stereocenters. The molecular weight excluding hydrogens is 245 g/mol. The second kappa shape index (κ2) is 5.70. The molecule has 104 valence electrons. The van der Waals surface area contributed by atoms with Gasteiger partial charge in [-0.05, 0) is 36.0 Å². The van der Waals surface area contributed by atoms with Gasteiger partial charge in [0.25, 0.3) is 0 Å². The van der Waals surface area contributed by atoms with Crippen LogP contribution in [0.4, 0.5) is 4.39 Å². The van der Waals surface area contributed by atoms with Crippen molar-refractivity contribution in [1.82, 2.24) is 5.32 Å². The Balaban J connectivity index is 2.00. The molecule has 2 N–H and O–H groups in total. The summed E-state index contributed by atoms with van der Waals surface area (Å²) in [6, 6.07) is 4.85. The van der Waals surface area contributed by atoms with Gasteiger partial charge in [0, 0.05) is 0 Å². The molecule has 0 aromatic heterocycles. The minimum Gasteiger partial charge on any atom is -0.392 e. The van der Waals surface area contributed by atoms with E-state index in [-0.39, 0.29) is 30.1 Å². The average Bonchev–Trinajstić information content (AvgIpc) is 2.73. The molecule has 0 bridgehead atoms. The molecule has 0 heterocycles. The number of carbonyl (C=O) groups excluding carboxylic acids is 1. The maximum atomic E-state index is 13.6. The number of carbonyl (C=O) groups is 1. The summed E-state index contributed by atoms with van der Waals surface area (Å²) in [7, 11) is 0. The lowest BCUT2D eigenvalue weighted by Gasteiger charge is -2.17. The number of aliphatic hydroxyl groups is 1. The van der Waals surface area contributed by atoms with E-state index in [4.69, 9.17) is 0 Å². The van der Waals surface area contributed by atoms with Crippen LogP contribution in [0.15, 0.2) is 18.2 Å². The van der Waals surface area contributed by atoms with Crippen LogP contribution >= 0.6 is 0 Å². The van der Waals surface area contributed by atoms with Crippen molar-refractivity contribution in [2.45, 2.75) is 45.3 Å². The van der Waals surface area contributed by atoms with E-state index in [1.807, 2.05) is 19.9 Å². The molecule has 0 saturated carbocycles. The number of fused-ring (bicyclic) bond motifs is 1. The fourth-order valence-corrected chi connectivity index (χ4v) is 2.44. The Morgan fingerprint density at radius 3 is 2.95 bits per heavy atom. The van der Waals surface area contributed by atoms with Gasteiger partial charge in [-0.25, -0.2) is 4.39 Å². The molecule has 1 aromatic rings. The van der Waals surface area contributed by atoms with Crippen molar-refractivity contribution < 1.29 is 14.3 Å². The molecule has 1 amide bonds. The third-order valence-corrected chi connectivity index (χ3v) is 3.71. The first-order valence-corrected chi connectivity index (χ1v) is 6.73. The van der Waals surface area contributed by atoms with Gasteiger partial charge in [0.2, 0.25) is 5.91 Å². The molecule has 1 aromatic carbocycles. The summed E-state index contributed by atoms with van der Waals surface area (Å²) in [4.78, 5) is 11.8. The van der Waals surface area contributed by atoms with E-state index in [0.717, 1.165) is 12.0 Å². The quantitative estimate of drug-likeness (QED) is 0.878. The summed E-state index contributed by atoms with van der Waals surface area (Å²) in [5, 5.41) is 12.6. The van der Waals surface area contributed by atoms with Crippen LogP contribution < -0.4 is 5.32 Å². The monoisotopic (exact) mass is 265 g/mol. The van der Waals surface area contributed by atoms with Crippen LogP contribution in [0.2, 0.25) is 0 Å². The smallest absolute Gasteiger partial charge is 0.223 e. The molecule has 19 heavy (non-hydrogen) atoms. The van der Waals surface area contributed by atoms with E-state index in [1.54, 1.807) is 6.07 Å². The molecule has 2 rings (SSSR count). The first kappa shape index (κ1) is 14.0. The molecule has 0 saturated heterocycles. The third kappa shape index (κ3) is 3.13. The van der Waals surface area contributed by atoms with Crippen molar-refractivity contribution in [3.63, 3.8) is 0 Å². The number of hydrogen-bond donors (Lipinski definition) is 2. The third-order valence-electron chi connectivity index (χ3n) is 3.71. The Bertz CT molecular complexity index is 473. The van der Waals surface area contributed by atoms with E-state index in [9.17, 15) is 14.3 Å². The summed E-state index contributed by atoms with van der Waals surface area (Å²) < 4.78 is 13.6. The van der Waals surface area contributed by atoms with Gasteiger partial charge in [0.15, 0.2) is 0 Å². The van der Waals surface area contributed by atoms with E-state index >= 15 is 0 Å². The molecule has 3 nitrogen and oxygen atoms in total. The number of amides is 1. The zero-order valence-corrected chi connectivity index (χ0v) is 11.3. The molecule has 0 fully saturated rings. The lowest BCUT2D eigenvalue weighted by Crippen LogP contribution is -2.31. The maximum Gasteiger partial charge on any atom is 0.223 e. The average molecular weight is 265 g/mol. The highest BCUT2D eigenvalue weighted by molar-refractivity contribution is 5.77. The van der Waals surface area contributed by atoms with Gasteiger partial charge >= 0.3 is 0 Å². The van der Waals surface area contributed by atoms with Gasteiger partial charge in [-0.1, -0.05) is 26.0 Å². The zero-order chi connectivity index (χ0) is 14.0. The minimum absolute atomic E-state index is 0.0547. The SMILES string of the molecule is CC(C)C(O)CC(=O)NC1CCc2c(F)cccc21. The van der Waals surface area contributed by atoms with Crippen LogP contribution in [0.25, 0.3) is 0 Å². The molecule has 4 heteroatoms. The van der Waals surface area contributed by atoms with Crippen molar-refractivity contribution in [3.8, 4) is 0 Å². The fourth-order valence-electron chi connectivity index (χ4n) is 2.44. The second-order valence-corrected chi connectivity index (χ2v) is 5.48. The van der Waals surface area contributed by atoms with E-state index < -0.39 is 6.10 Å². The van der Waals surface area contributed by atoms with Gasteiger partial charge in [0.1, 0.15) is 5.82 Å². The molecule has 2 atom stereocenters. The summed E-state index contributed by atoms with van der Waals surface area (Å²) in [5.74, 6) is -0.321. The van der Waals surface area contributed by atoms with Gasteiger partial charge in [-0.3, -0.25) is 4.79 Å². The standard InChI is InChI=1S/C15H20FNO2/c1-9(2)14(18)8-15(19)17-13-7-6-10-11(13)4-3-5-12(10)16/h3-5,9,13-14,18H,6-8H2,1-2H3,(H,17,19). The van der Waals surface area contributed by atoms with Crippen LogP contribution in [0, 0.1) is 11.7 Å². The first-order valence-electron chi connectivity index (χ1n) is 6.73. The number of nitrogens with one attached hydrogen (secondary N) is 1. The number of benzene rings is 1. The van der Waals surface area contributed by atoms with Gasteiger partial charge in [-0.2, -0.15) is 0 Å². The molecule has 0 spiro atoms. The number of hydrogen-bond acceptors (Lipinski definition) is 2. The minimum atomic E-state index is -0.631. The summed E-state index contributed by atoms with van der Waals surface area (Å²) in [6.07, 6.45) is 0.839. The Kier molecular flexibility index (Phi) is 4.20. The fraction of sp³-hybridized carbons (Fsp3) is 0.533. The molecule has 0 radical (unpaired) electrons. The Morgan fingerprint density at radius 1 is 1.53 bits per heavy atom. The zero-order valence-electron chi connectivity index (χ0n) is 11.3. The van der Waals surface area contributed by atoms with E-state index in [0.29, 0.717) is 12.0 Å². The highest BCUT2D eigenvalue weighted by atomic mass is 19.1. The van der Waals surface area contributed by atoms with E-state index in [1.165, 1.54) is 6.07 Å². The summed E-state index contributed by atoms with van der Waals surface area (Å²) in [6.45, 7) is 3.75. The molecule has 1 aliphatic carbocycles. The lowest BCUT2D eigenvalue weighted by molar-refractivity contribution is -0.124. The largest absolute Gasteiger partial charge is 0.392 e. The molecule has 1 aliphatic rings. The molecular formula is C15H20FNO2.